The molecule has 4 nitrogen and oxygen atoms in total. The number of nitrogens with one attached hydrogen (secondary N) is 1. The Labute approximate surface area is 316 Å². The van der Waals surface area contributed by atoms with Gasteiger partial charge in [0.1, 0.15) is 11.5 Å². The topological polar surface area (TPSA) is 46.0 Å². The van der Waals surface area contributed by atoms with Crippen LogP contribution in [0.4, 0.5) is 0 Å². The summed E-state index contributed by atoms with van der Waals surface area (Å²) in [6.07, 6.45) is 7.60. The van der Waals surface area contributed by atoms with Crippen molar-refractivity contribution in [3.63, 3.8) is 0 Å². The number of benzene rings is 8. The van der Waals surface area contributed by atoms with Gasteiger partial charge in [0.05, 0.1) is 5.52 Å². The summed E-state index contributed by atoms with van der Waals surface area (Å²) >= 11 is 6.70. The average molecular weight is 799 g/mol. The summed E-state index contributed by atoms with van der Waals surface area (Å²) in [5, 5.41) is 14.0. The van der Waals surface area contributed by atoms with E-state index in [0.717, 1.165) is 26.0 Å². The Kier molecular flexibility index (Phi) is 8.47. The Balaban J connectivity index is 0.000000118. The fourth-order valence-electron chi connectivity index (χ4n) is 7.33. The van der Waals surface area contributed by atoms with Crippen LogP contribution in [0.5, 0.6) is 0 Å². The summed E-state index contributed by atoms with van der Waals surface area (Å²) in [5.41, 5.74) is 3.37. The molecule has 11 rings (SSSR count). The molecule has 52 heavy (non-hydrogen) atoms. The summed E-state index contributed by atoms with van der Waals surface area (Å²) in [6, 6.07) is 53.1. The van der Waals surface area contributed by atoms with Crippen LogP contribution in [0.25, 0.3) is 81.8 Å². The van der Waals surface area contributed by atoms with Gasteiger partial charge >= 0.3 is 0 Å². The number of hydrogen-bond acceptors (Lipinski definition) is 2. The minimum atomic E-state index is 0.918. The highest BCUT2D eigenvalue weighted by molar-refractivity contribution is 9.13. The van der Waals surface area contributed by atoms with Crippen LogP contribution in [0.2, 0.25) is 0 Å². The highest BCUT2D eigenvalue weighted by Crippen LogP contribution is 2.40. The lowest BCUT2D eigenvalue weighted by Gasteiger charge is -2.14. The van der Waals surface area contributed by atoms with E-state index in [4.69, 9.17) is 4.98 Å². The van der Waals surface area contributed by atoms with Crippen molar-refractivity contribution in [2.75, 3.05) is 0 Å². The van der Waals surface area contributed by atoms with Crippen molar-refractivity contribution >= 4 is 102 Å². The maximum absolute atomic E-state index is 4.72. The van der Waals surface area contributed by atoms with Crippen LogP contribution in [0.1, 0.15) is 0 Å². The highest BCUT2D eigenvalue weighted by Gasteiger charge is 2.16. The van der Waals surface area contributed by atoms with Crippen LogP contribution in [0.15, 0.2) is 185 Å². The van der Waals surface area contributed by atoms with Gasteiger partial charge in [0.15, 0.2) is 0 Å². The summed E-state index contributed by atoms with van der Waals surface area (Å²) in [4.78, 5) is 12.3. The molecule has 1 N–H and O–H groups in total. The third-order valence-electron chi connectivity index (χ3n) is 9.58. The number of hydrogen-bond donors (Lipinski definition) is 1. The van der Waals surface area contributed by atoms with Gasteiger partial charge < -0.3 is 4.98 Å². The highest BCUT2D eigenvalue weighted by atomic mass is 79.9. The normalized spacial score (nSPS) is 11.3. The molecule has 11 aromatic rings. The van der Waals surface area contributed by atoms with E-state index in [1.807, 2.05) is 36.7 Å². The minimum absolute atomic E-state index is 0.918. The molecule has 0 aliphatic rings. The number of nitrogens with zero attached hydrogens (tertiary/aromatic N) is 3. The first kappa shape index (κ1) is 32.1. The molecule has 0 unspecified atom stereocenters. The molecule has 0 aliphatic heterocycles. The van der Waals surface area contributed by atoms with Crippen molar-refractivity contribution in [1.82, 2.24) is 19.4 Å². The van der Waals surface area contributed by atoms with E-state index in [1.54, 1.807) is 6.20 Å². The van der Waals surface area contributed by atoms with Gasteiger partial charge in [-0.1, -0.05) is 127 Å². The number of pyridine rings is 1. The first-order chi connectivity index (χ1) is 25.7. The van der Waals surface area contributed by atoms with Crippen LogP contribution in [0.3, 0.4) is 0 Å². The molecule has 0 spiro atoms. The summed E-state index contributed by atoms with van der Waals surface area (Å²) in [5.74, 6) is 0.918. The lowest BCUT2D eigenvalue weighted by Crippen LogP contribution is -1.92. The van der Waals surface area contributed by atoms with Crippen LogP contribution < -0.4 is 0 Å². The van der Waals surface area contributed by atoms with Crippen molar-refractivity contribution < 1.29 is 0 Å². The number of H-pyrrole nitrogens is 1. The second kappa shape index (κ2) is 13.7. The van der Waals surface area contributed by atoms with Crippen LogP contribution in [0, 0.1) is 0 Å². The van der Waals surface area contributed by atoms with Crippen molar-refractivity contribution in [2.45, 2.75) is 0 Å². The largest absolute Gasteiger partial charge is 0.345 e. The summed E-state index contributed by atoms with van der Waals surface area (Å²) in [6.45, 7) is 0. The zero-order valence-corrected chi connectivity index (χ0v) is 31.0. The molecule has 3 heterocycles. The van der Waals surface area contributed by atoms with E-state index in [2.05, 4.69) is 180 Å². The molecular formula is C46H30Br2N4. The van der Waals surface area contributed by atoms with Gasteiger partial charge in [0, 0.05) is 55.5 Å². The van der Waals surface area contributed by atoms with E-state index in [1.165, 1.54) is 64.8 Å². The van der Waals surface area contributed by atoms with Gasteiger partial charge in [-0.25, -0.2) is 9.97 Å². The number of aromatic nitrogens is 4. The number of fused-ring (bicyclic) bond motifs is 14. The van der Waals surface area contributed by atoms with Crippen LogP contribution in [-0.2, 0) is 0 Å². The summed E-state index contributed by atoms with van der Waals surface area (Å²) in [7, 11) is 0. The van der Waals surface area contributed by atoms with E-state index in [-0.39, 0.29) is 0 Å². The van der Waals surface area contributed by atoms with Crippen LogP contribution >= 0.6 is 31.9 Å². The SMILES string of the molecule is Brc1ccccc1Br.c1ccc2c(c1)c1ccccc1c1c2c2ccccc2n2ccnc12.c1ccc2c(c1)cc(-c1ncc[nH]1)c1ccccc12. The average Bonchev–Trinajstić information content (AvgIpc) is 3.93. The van der Waals surface area contributed by atoms with Crippen molar-refractivity contribution in [2.24, 2.45) is 0 Å². The summed E-state index contributed by atoms with van der Waals surface area (Å²) < 4.78 is 4.40. The molecule has 0 aliphatic carbocycles. The quantitative estimate of drug-likeness (QED) is 0.168. The molecule has 8 aromatic carbocycles. The van der Waals surface area contributed by atoms with E-state index in [9.17, 15) is 0 Å². The number of aromatic amines is 1. The van der Waals surface area contributed by atoms with Crippen molar-refractivity contribution in [3.8, 4) is 11.4 Å². The number of rotatable bonds is 1. The van der Waals surface area contributed by atoms with Crippen molar-refractivity contribution in [1.29, 1.82) is 0 Å². The van der Waals surface area contributed by atoms with Gasteiger partial charge in [0.25, 0.3) is 0 Å². The zero-order valence-electron chi connectivity index (χ0n) is 27.8. The molecule has 0 amide bonds. The molecule has 0 bridgehead atoms. The Bertz CT molecular complexity index is 3030. The number of halogens is 2. The standard InChI is InChI=1S/C23H14N2.C17H12N2.C6H4Br2/c1-3-9-17-15(7-1)16-8-2-4-10-18(16)22-21(17)19-11-5-6-12-20(19)25-14-13-24-23(22)25;1-2-6-13-12(5-1)11-16(17-18-9-10-19-17)15-8-4-3-7-14(13)15;7-5-3-1-2-4-6(5)8/h1-14H;1-11H,(H,18,19);1-4H. The predicted octanol–water partition coefficient (Wildman–Crippen LogP) is 13.5. The smallest absolute Gasteiger partial charge is 0.145 e. The Morgan fingerprint density at radius 1 is 0.462 bits per heavy atom. The molecular weight excluding hydrogens is 768 g/mol. The van der Waals surface area contributed by atoms with E-state index < -0.39 is 0 Å². The fraction of sp³-hybridized carbons (Fsp3) is 0. The van der Waals surface area contributed by atoms with Gasteiger partial charge in [0.2, 0.25) is 0 Å². The molecule has 3 aromatic heterocycles. The molecule has 0 fully saturated rings. The fourth-order valence-corrected chi connectivity index (χ4v) is 7.90. The third-order valence-corrected chi connectivity index (χ3v) is 11.5. The van der Waals surface area contributed by atoms with Gasteiger partial charge in [-0.2, -0.15) is 0 Å². The van der Waals surface area contributed by atoms with E-state index >= 15 is 0 Å². The maximum atomic E-state index is 4.72. The van der Waals surface area contributed by atoms with Crippen LogP contribution in [-0.4, -0.2) is 19.4 Å². The first-order valence-corrected chi connectivity index (χ1v) is 18.6. The Hall–Kier alpha value is -5.82. The molecule has 0 atom stereocenters. The molecule has 0 radical (unpaired) electrons. The minimum Gasteiger partial charge on any atom is -0.345 e. The van der Waals surface area contributed by atoms with Crippen molar-refractivity contribution in [3.05, 3.63) is 185 Å². The molecule has 248 valence electrons. The molecule has 0 saturated carbocycles. The lowest BCUT2D eigenvalue weighted by atomic mass is 9.93. The molecule has 0 saturated heterocycles. The monoisotopic (exact) mass is 796 g/mol. The number of imidazole rings is 2. The number of para-hydroxylation sites is 1. The second-order valence-electron chi connectivity index (χ2n) is 12.5. The predicted molar refractivity (Wildman–Crippen MR) is 226 cm³/mol. The zero-order chi connectivity index (χ0) is 35.0. The lowest BCUT2D eigenvalue weighted by molar-refractivity contribution is 1.27. The second-order valence-corrected chi connectivity index (χ2v) is 14.2. The Morgan fingerprint density at radius 3 is 1.62 bits per heavy atom. The maximum Gasteiger partial charge on any atom is 0.145 e. The molecule has 6 heteroatoms. The third kappa shape index (κ3) is 5.61. The van der Waals surface area contributed by atoms with E-state index in [0.29, 0.717) is 0 Å². The van der Waals surface area contributed by atoms with Gasteiger partial charge in [-0.3, -0.25) is 4.40 Å². The van der Waals surface area contributed by atoms with Gasteiger partial charge in [-0.15, -0.1) is 0 Å². The Morgan fingerprint density at radius 2 is 0.981 bits per heavy atom. The van der Waals surface area contributed by atoms with Gasteiger partial charge in [-0.05, 0) is 99.2 Å². The first-order valence-electron chi connectivity index (χ1n) is 17.0.